The van der Waals surface area contributed by atoms with Crippen molar-refractivity contribution in [2.75, 3.05) is 5.32 Å². The van der Waals surface area contributed by atoms with Crippen molar-refractivity contribution in [3.05, 3.63) is 65.4 Å². The average molecular weight is 297 g/mol. The first-order valence-electron chi connectivity index (χ1n) is 6.65. The van der Waals surface area contributed by atoms with E-state index in [-0.39, 0.29) is 12.3 Å². The molecule has 0 radical (unpaired) electrons. The van der Waals surface area contributed by atoms with Gasteiger partial charge in [-0.05, 0) is 31.2 Å². The van der Waals surface area contributed by atoms with Crippen LogP contribution in [0.15, 0.2) is 54.2 Å². The highest BCUT2D eigenvalue weighted by Crippen LogP contribution is 2.16. The number of nitrogens with one attached hydrogen (secondary N) is 1. The van der Waals surface area contributed by atoms with E-state index in [4.69, 9.17) is 0 Å². The largest absolute Gasteiger partial charge is 0.326 e. The van der Waals surface area contributed by atoms with Gasteiger partial charge in [0.2, 0.25) is 5.91 Å². The maximum absolute atomic E-state index is 12.0. The lowest BCUT2D eigenvalue weighted by Crippen LogP contribution is -2.14. The molecular weight excluding hydrogens is 282 g/mol. The number of carbonyl (C=O) groups excluding carboxylic acids is 1. The quantitative estimate of drug-likeness (QED) is 0.802. The highest BCUT2D eigenvalue weighted by Gasteiger charge is 2.08. The van der Waals surface area contributed by atoms with Crippen molar-refractivity contribution < 1.29 is 4.79 Å². The summed E-state index contributed by atoms with van der Waals surface area (Å²) in [5.41, 5.74) is 2.77. The van der Waals surface area contributed by atoms with Gasteiger partial charge in [-0.2, -0.15) is 0 Å². The molecule has 1 aromatic carbocycles. The molecule has 0 bridgehead atoms. The number of thiazole rings is 1. The van der Waals surface area contributed by atoms with Gasteiger partial charge in [-0.1, -0.05) is 17.7 Å². The zero-order valence-electron chi connectivity index (χ0n) is 11.6. The molecule has 0 aliphatic rings. The number of rotatable bonds is 4. The Morgan fingerprint density at radius 2 is 1.95 bits per heavy atom. The molecule has 4 nitrogen and oxygen atoms in total. The second-order valence-electron chi connectivity index (χ2n) is 4.80. The topological polar surface area (TPSA) is 46.9 Å². The molecule has 1 amide bonds. The summed E-state index contributed by atoms with van der Waals surface area (Å²) in [5.74, 6) is -0.0526. The Balaban J connectivity index is 1.64. The Hall–Kier alpha value is -2.40. The van der Waals surface area contributed by atoms with Crippen LogP contribution in [0.1, 0.15) is 11.3 Å². The van der Waals surface area contributed by atoms with Crippen molar-refractivity contribution in [3.8, 4) is 5.13 Å². The fraction of sp³-hybridized carbons (Fsp3) is 0.125. The van der Waals surface area contributed by atoms with Crippen LogP contribution in [0.2, 0.25) is 0 Å². The number of benzene rings is 1. The Bertz CT molecular complexity index is 729. The van der Waals surface area contributed by atoms with Gasteiger partial charge < -0.3 is 9.88 Å². The minimum Gasteiger partial charge on any atom is -0.326 e. The van der Waals surface area contributed by atoms with E-state index in [1.54, 1.807) is 0 Å². The SMILES string of the molecule is Cc1ccc(NC(=O)Cc2csc(-n3cccc3)n2)cc1. The monoisotopic (exact) mass is 297 g/mol. The summed E-state index contributed by atoms with van der Waals surface area (Å²) in [7, 11) is 0. The summed E-state index contributed by atoms with van der Waals surface area (Å²) < 4.78 is 1.94. The summed E-state index contributed by atoms with van der Waals surface area (Å²) >= 11 is 1.53. The summed E-state index contributed by atoms with van der Waals surface area (Å²) in [5, 5.41) is 5.67. The number of aromatic nitrogens is 2. The number of amides is 1. The first-order valence-corrected chi connectivity index (χ1v) is 7.53. The number of hydrogen-bond acceptors (Lipinski definition) is 3. The van der Waals surface area contributed by atoms with E-state index in [2.05, 4.69) is 10.3 Å². The molecule has 0 fully saturated rings. The summed E-state index contributed by atoms with van der Waals surface area (Å²) in [6.45, 7) is 2.02. The standard InChI is InChI=1S/C16H15N3OS/c1-12-4-6-13(7-5-12)17-15(20)10-14-11-21-16(18-14)19-8-2-3-9-19/h2-9,11H,10H2,1H3,(H,17,20). The van der Waals surface area contributed by atoms with Crippen molar-refractivity contribution in [2.45, 2.75) is 13.3 Å². The highest BCUT2D eigenvalue weighted by atomic mass is 32.1. The third-order valence-corrected chi connectivity index (χ3v) is 3.94. The second kappa shape index (κ2) is 5.93. The highest BCUT2D eigenvalue weighted by molar-refractivity contribution is 7.12. The van der Waals surface area contributed by atoms with Crippen molar-refractivity contribution in [3.63, 3.8) is 0 Å². The fourth-order valence-corrected chi connectivity index (χ4v) is 2.76. The maximum atomic E-state index is 12.0. The molecule has 1 N–H and O–H groups in total. The number of carbonyl (C=O) groups is 1. The van der Waals surface area contributed by atoms with E-state index in [9.17, 15) is 4.79 Å². The van der Waals surface area contributed by atoms with Crippen LogP contribution in [0.4, 0.5) is 5.69 Å². The third kappa shape index (κ3) is 3.38. The molecule has 0 saturated carbocycles. The molecule has 5 heteroatoms. The van der Waals surface area contributed by atoms with Crippen LogP contribution in [-0.4, -0.2) is 15.5 Å². The van der Waals surface area contributed by atoms with E-state index < -0.39 is 0 Å². The number of nitrogens with zero attached hydrogens (tertiary/aromatic N) is 2. The molecule has 0 spiro atoms. The van der Waals surface area contributed by atoms with Gasteiger partial charge in [0.1, 0.15) is 0 Å². The van der Waals surface area contributed by atoms with E-state index in [1.807, 2.05) is 65.7 Å². The van der Waals surface area contributed by atoms with E-state index in [0.29, 0.717) is 0 Å². The van der Waals surface area contributed by atoms with Gasteiger partial charge >= 0.3 is 0 Å². The van der Waals surface area contributed by atoms with E-state index in [1.165, 1.54) is 16.9 Å². The predicted octanol–water partition coefficient (Wildman–Crippen LogP) is 3.42. The van der Waals surface area contributed by atoms with Crippen LogP contribution in [-0.2, 0) is 11.2 Å². The minimum absolute atomic E-state index is 0.0526. The van der Waals surface area contributed by atoms with Crippen LogP contribution < -0.4 is 5.32 Å². The molecule has 0 aliphatic carbocycles. The molecule has 0 saturated heterocycles. The van der Waals surface area contributed by atoms with Crippen molar-refractivity contribution in [2.24, 2.45) is 0 Å². The Kier molecular flexibility index (Phi) is 3.83. The Morgan fingerprint density at radius 3 is 2.67 bits per heavy atom. The minimum atomic E-state index is -0.0526. The zero-order chi connectivity index (χ0) is 14.7. The van der Waals surface area contributed by atoms with Gasteiger partial charge in [-0.25, -0.2) is 4.98 Å². The maximum Gasteiger partial charge on any atom is 0.230 e. The van der Waals surface area contributed by atoms with Crippen molar-refractivity contribution >= 4 is 22.9 Å². The lowest BCUT2D eigenvalue weighted by atomic mass is 10.2. The summed E-state index contributed by atoms with van der Waals surface area (Å²) in [4.78, 5) is 16.5. The lowest BCUT2D eigenvalue weighted by Gasteiger charge is -2.04. The van der Waals surface area contributed by atoms with Gasteiger partial charge in [0.15, 0.2) is 5.13 Å². The molecule has 0 unspecified atom stereocenters. The Labute approximate surface area is 127 Å². The molecule has 3 rings (SSSR count). The first kappa shape index (κ1) is 13.6. The van der Waals surface area contributed by atoms with Gasteiger partial charge in [-0.15, -0.1) is 11.3 Å². The Morgan fingerprint density at radius 1 is 1.24 bits per heavy atom. The molecule has 106 valence electrons. The zero-order valence-corrected chi connectivity index (χ0v) is 12.4. The van der Waals surface area contributed by atoms with Gasteiger partial charge in [0, 0.05) is 23.5 Å². The van der Waals surface area contributed by atoms with Crippen LogP contribution in [0.5, 0.6) is 0 Å². The van der Waals surface area contributed by atoms with Gasteiger partial charge in [0.25, 0.3) is 0 Å². The molecule has 0 aliphatic heterocycles. The van der Waals surface area contributed by atoms with Crippen molar-refractivity contribution in [1.29, 1.82) is 0 Å². The van der Waals surface area contributed by atoms with Crippen LogP contribution in [0.3, 0.4) is 0 Å². The summed E-state index contributed by atoms with van der Waals surface area (Å²) in [6.07, 6.45) is 4.16. The van der Waals surface area contributed by atoms with Crippen molar-refractivity contribution in [1.82, 2.24) is 9.55 Å². The molecule has 21 heavy (non-hydrogen) atoms. The van der Waals surface area contributed by atoms with Crippen LogP contribution in [0, 0.1) is 6.92 Å². The van der Waals surface area contributed by atoms with Crippen LogP contribution >= 0.6 is 11.3 Å². The molecular formula is C16H15N3OS. The average Bonchev–Trinajstić information content (AvgIpc) is 3.12. The second-order valence-corrected chi connectivity index (χ2v) is 5.64. The van der Waals surface area contributed by atoms with Gasteiger partial charge in [-0.3, -0.25) is 4.79 Å². The molecule has 3 aromatic rings. The molecule has 2 heterocycles. The normalized spacial score (nSPS) is 10.5. The molecule has 2 aromatic heterocycles. The van der Waals surface area contributed by atoms with E-state index in [0.717, 1.165) is 16.5 Å². The van der Waals surface area contributed by atoms with E-state index >= 15 is 0 Å². The number of aryl methyl sites for hydroxylation is 1. The number of hydrogen-bond donors (Lipinski definition) is 1. The first-order chi connectivity index (χ1) is 10.2. The summed E-state index contributed by atoms with van der Waals surface area (Å²) in [6, 6.07) is 11.7. The smallest absolute Gasteiger partial charge is 0.230 e. The molecule has 0 atom stereocenters. The number of anilines is 1. The lowest BCUT2D eigenvalue weighted by molar-refractivity contribution is -0.115. The predicted molar refractivity (Wildman–Crippen MR) is 85.0 cm³/mol. The van der Waals surface area contributed by atoms with Crippen LogP contribution in [0.25, 0.3) is 5.13 Å². The van der Waals surface area contributed by atoms with Gasteiger partial charge in [0.05, 0.1) is 12.1 Å². The fourth-order valence-electron chi connectivity index (χ4n) is 1.96. The third-order valence-electron chi connectivity index (χ3n) is 3.04.